The van der Waals surface area contributed by atoms with Gasteiger partial charge < -0.3 is 39.7 Å². The molecule has 1 unspecified atom stereocenters. The van der Waals surface area contributed by atoms with E-state index in [1.54, 1.807) is 0 Å². The average Bonchev–Trinajstić information content (AvgIpc) is 2.44. The highest BCUT2D eigenvalue weighted by molar-refractivity contribution is 5.74. The Hall–Kier alpha value is -1.30. The fraction of sp³-hybridized carbons (Fsp3) is 0.818. The molecule has 0 aliphatic carbocycles. The van der Waals surface area contributed by atoms with E-state index in [2.05, 4.69) is 9.47 Å². The second kappa shape index (κ2) is 5.48. The maximum Gasteiger partial charge on any atom is 0.399 e. The molecule has 2 fully saturated rings. The molecule has 10 nitrogen and oxygen atoms in total. The molecule has 0 aromatic carbocycles. The Bertz CT molecular complexity index is 439. The fourth-order valence-electron chi connectivity index (χ4n) is 2.16. The van der Waals surface area contributed by atoms with Gasteiger partial charge >= 0.3 is 23.7 Å². The monoisotopic (exact) mass is 308 g/mol. The first-order valence-corrected chi connectivity index (χ1v) is 6.27. The standard InChI is InChI=1S/C11H16O10/c12-4-5-8(15)9(16)10(17)11(18,19-5)21-7(14)3-1-2-6(13)20-10/h5,8-9,12,15-18H,1-4H2/t5-,8-,9+,10-,11?/m1/s1. The van der Waals surface area contributed by atoms with Gasteiger partial charge in [-0.1, -0.05) is 0 Å². The zero-order valence-corrected chi connectivity index (χ0v) is 10.8. The van der Waals surface area contributed by atoms with Crippen LogP contribution in [0.3, 0.4) is 0 Å². The molecule has 2 saturated heterocycles. The van der Waals surface area contributed by atoms with Crippen molar-refractivity contribution in [3.63, 3.8) is 0 Å². The molecule has 0 aromatic rings. The topological polar surface area (TPSA) is 163 Å². The number of carbonyl (C=O) groups excluding carboxylic acids is 2. The number of esters is 2. The van der Waals surface area contributed by atoms with Crippen LogP contribution in [0.15, 0.2) is 0 Å². The summed E-state index contributed by atoms with van der Waals surface area (Å²) in [6.07, 6.45) is -6.25. The van der Waals surface area contributed by atoms with Crippen molar-refractivity contribution < 1.29 is 49.3 Å². The molecule has 2 aliphatic rings. The molecule has 120 valence electrons. The van der Waals surface area contributed by atoms with Crippen molar-refractivity contribution in [1.82, 2.24) is 0 Å². The van der Waals surface area contributed by atoms with Crippen LogP contribution in [0.2, 0.25) is 0 Å². The molecule has 5 atom stereocenters. The molecule has 10 heteroatoms. The normalized spacial score (nSPS) is 44.7. The van der Waals surface area contributed by atoms with Gasteiger partial charge in [0.05, 0.1) is 6.61 Å². The van der Waals surface area contributed by atoms with Crippen LogP contribution in [0, 0.1) is 0 Å². The summed E-state index contributed by atoms with van der Waals surface area (Å²) < 4.78 is 13.9. The Labute approximate surface area is 118 Å². The molecule has 2 aliphatic heterocycles. The lowest BCUT2D eigenvalue weighted by Crippen LogP contribution is -2.75. The summed E-state index contributed by atoms with van der Waals surface area (Å²) in [7, 11) is 0. The van der Waals surface area contributed by atoms with E-state index in [-0.39, 0.29) is 19.3 Å². The Kier molecular flexibility index (Phi) is 4.19. The smallest absolute Gasteiger partial charge is 0.399 e. The molecule has 0 bridgehead atoms. The third-order valence-electron chi connectivity index (χ3n) is 3.33. The summed E-state index contributed by atoms with van der Waals surface area (Å²) in [5, 5.41) is 49.0. The highest BCUT2D eigenvalue weighted by atomic mass is 16.9. The van der Waals surface area contributed by atoms with Gasteiger partial charge in [0, 0.05) is 12.8 Å². The van der Waals surface area contributed by atoms with E-state index >= 15 is 0 Å². The number of aliphatic hydroxyl groups excluding tert-OH is 3. The molecule has 0 aromatic heterocycles. The summed E-state index contributed by atoms with van der Waals surface area (Å²) in [6.45, 7) is -0.859. The number of carbonyl (C=O) groups is 2. The summed E-state index contributed by atoms with van der Waals surface area (Å²) in [5.74, 6) is -8.54. The number of hydrogen-bond donors (Lipinski definition) is 5. The van der Waals surface area contributed by atoms with E-state index in [1.807, 2.05) is 0 Å². The van der Waals surface area contributed by atoms with Gasteiger partial charge in [-0.05, 0) is 6.42 Å². The van der Waals surface area contributed by atoms with Gasteiger partial charge in [0.1, 0.15) is 12.2 Å². The van der Waals surface area contributed by atoms with Crippen molar-refractivity contribution in [3.05, 3.63) is 0 Å². The Morgan fingerprint density at radius 1 is 1.10 bits per heavy atom. The maximum absolute atomic E-state index is 11.5. The van der Waals surface area contributed by atoms with Crippen LogP contribution in [0.4, 0.5) is 0 Å². The number of fused-ring (bicyclic) bond motifs is 1. The zero-order chi connectivity index (χ0) is 15.8. The molecule has 0 saturated carbocycles. The third-order valence-corrected chi connectivity index (χ3v) is 3.33. The van der Waals surface area contributed by atoms with Crippen LogP contribution < -0.4 is 0 Å². The molecular weight excluding hydrogens is 292 g/mol. The number of ether oxygens (including phenoxy) is 3. The largest absolute Gasteiger partial charge is 0.420 e. The minimum atomic E-state index is -3.25. The van der Waals surface area contributed by atoms with Gasteiger partial charge in [-0.25, -0.2) is 0 Å². The number of rotatable bonds is 1. The number of hydrogen-bond acceptors (Lipinski definition) is 10. The van der Waals surface area contributed by atoms with Crippen LogP contribution in [0.1, 0.15) is 19.3 Å². The Morgan fingerprint density at radius 3 is 2.24 bits per heavy atom. The van der Waals surface area contributed by atoms with Gasteiger partial charge in [0.2, 0.25) is 0 Å². The molecule has 5 N–H and O–H groups in total. The van der Waals surface area contributed by atoms with Crippen molar-refractivity contribution in [1.29, 1.82) is 0 Å². The molecule has 0 spiro atoms. The van der Waals surface area contributed by atoms with E-state index in [0.717, 1.165) is 0 Å². The predicted molar refractivity (Wildman–Crippen MR) is 59.9 cm³/mol. The highest BCUT2D eigenvalue weighted by Crippen LogP contribution is 2.39. The van der Waals surface area contributed by atoms with E-state index in [0.29, 0.717) is 0 Å². The summed E-state index contributed by atoms with van der Waals surface area (Å²) in [5.41, 5.74) is 0. The van der Waals surface area contributed by atoms with Crippen LogP contribution >= 0.6 is 0 Å². The molecule has 2 rings (SSSR count). The van der Waals surface area contributed by atoms with Gasteiger partial charge in [0.15, 0.2) is 6.10 Å². The maximum atomic E-state index is 11.5. The summed E-state index contributed by atoms with van der Waals surface area (Å²) in [6, 6.07) is 0. The lowest BCUT2D eigenvalue weighted by molar-refractivity contribution is -0.511. The van der Waals surface area contributed by atoms with Crippen LogP contribution in [-0.2, 0) is 23.8 Å². The van der Waals surface area contributed by atoms with Gasteiger partial charge in [-0.15, -0.1) is 0 Å². The molecular formula is C11H16O10. The lowest BCUT2D eigenvalue weighted by atomic mass is 9.94. The number of aliphatic hydroxyl groups is 5. The van der Waals surface area contributed by atoms with Crippen molar-refractivity contribution in [2.45, 2.75) is 49.3 Å². The molecule has 2 heterocycles. The summed E-state index contributed by atoms with van der Waals surface area (Å²) in [4.78, 5) is 23.1. The lowest BCUT2D eigenvalue weighted by Gasteiger charge is -2.49. The van der Waals surface area contributed by atoms with Crippen molar-refractivity contribution in [2.24, 2.45) is 0 Å². The van der Waals surface area contributed by atoms with Gasteiger partial charge in [-0.3, -0.25) is 9.59 Å². The molecule has 21 heavy (non-hydrogen) atoms. The SMILES string of the molecule is O=C1CCCC(=O)O[C@]2(O)[C@@H](O)[C@H](O)[C@@H](CO)OC2(O)O1. The minimum Gasteiger partial charge on any atom is -0.420 e. The predicted octanol–water partition coefficient (Wildman–Crippen LogP) is -3.30. The first kappa shape index (κ1) is 16.1. The van der Waals surface area contributed by atoms with Crippen LogP contribution in [0.5, 0.6) is 0 Å². The van der Waals surface area contributed by atoms with Crippen LogP contribution in [-0.4, -0.2) is 74.2 Å². The van der Waals surface area contributed by atoms with Gasteiger partial charge in [0.25, 0.3) is 0 Å². The first-order valence-electron chi connectivity index (χ1n) is 6.27. The first-order chi connectivity index (χ1) is 9.73. The van der Waals surface area contributed by atoms with Crippen LogP contribution in [0.25, 0.3) is 0 Å². The quantitative estimate of drug-likeness (QED) is 0.310. The van der Waals surface area contributed by atoms with Gasteiger partial charge in [-0.2, -0.15) is 0 Å². The molecule has 0 amide bonds. The van der Waals surface area contributed by atoms with Crippen molar-refractivity contribution >= 4 is 11.9 Å². The minimum absolute atomic E-state index is 0.0336. The Morgan fingerprint density at radius 2 is 1.67 bits per heavy atom. The second-order valence-corrected chi connectivity index (χ2v) is 4.85. The summed E-state index contributed by atoms with van der Waals surface area (Å²) >= 11 is 0. The second-order valence-electron chi connectivity index (χ2n) is 4.85. The van der Waals surface area contributed by atoms with E-state index in [1.165, 1.54) is 0 Å². The van der Waals surface area contributed by atoms with Crippen molar-refractivity contribution in [2.75, 3.05) is 6.61 Å². The van der Waals surface area contributed by atoms with E-state index in [9.17, 15) is 30.0 Å². The van der Waals surface area contributed by atoms with E-state index < -0.39 is 48.6 Å². The average molecular weight is 308 g/mol. The Balaban J connectivity index is 2.44. The van der Waals surface area contributed by atoms with E-state index in [4.69, 9.17) is 9.84 Å². The molecule has 0 radical (unpaired) electrons. The third kappa shape index (κ3) is 2.61. The van der Waals surface area contributed by atoms with Crippen molar-refractivity contribution in [3.8, 4) is 0 Å². The zero-order valence-electron chi connectivity index (χ0n) is 10.8. The highest BCUT2D eigenvalue weighted by Gasteiger charge is 2.70. The fourth-order valence-corrected chi connectivity index (χ4v) is 2.16.